The molecule has 156 valence electrons. The number of ether oxygens (including phenoxy) is 2. The van der Waals surface area contributed by atoms with Gasteiger partial charge in [-0.15, -0.1) is 0 Å². The third kappa shape index (κ3) is 2.92. The summed E-state index contributed by atoms with van der Waals surface area (Å²) >= 11 is 0. The lowest BCUT2D eigenvalue weighted by Gasteiger charge is -2.26. The number of aromatic nitrogens is 1. The maximum Gasteiger partial charge on any atom is 0.336 e. The highest BCUT2D eigenvalue weighted by Crippen LogP contribution is 2.42. The lowest BCUT2D eigenvalue weighted by Crippen LogP contribution is -2.29. The first-order valence-electron chi connectivity index (χ1n) is 9.83. The number of rotatable bonds is 2. The second-order valence-corrected chi connectivity index (χ2v) is 7.72. The molecule has 7 nitrogen and oxygen atoms in total. The van der Waals surface area contributed by atoms with Gasteiger partial charge in [0.15, 0.2) is 0 Å². The van der Waals surface area contributed by atoms with Crippen LogP contribution in [0.1, 0.15) is 29.0 Å². The van der Waals surface area contributed by atoms with Gasteiger partial charge in [0.05, 0.1) is 19.0 Å². The van der Waals surface area contributed by atoms with Crippen LogP contribution in [0, 0.1) is 6.92 Å². The number of carbonyl (C=O) groups excluding carboxylic acids is 1. The summed E-state index contributed by atoms with van der Waals surface area (Å²) in [6.07, 6.45) is -0.0271. The molecule has 1 atom stereocenters. The molecule has 0 radical (unpaired) electrons. The summed E-state index contributed by atoms with van der Waals surface area (Å²) in [6.45, 7) is 1.82. The fourth-order valence-electron chi connectivity index (χ4n) is 4.35. The van der Waals surface area contributed by atoms with Crippen molar-refractivity contribution in [2.24, 2.45) is 7.05 Å². The zero-order chi connectivity index (χ0) is 21.9. The molecule has 2 aromatic heterocycles. The lowest BCUT2D eigenvalue weighted by molar-refractivity contribution is -0.135. The van der Waals surface area contributed by atoms with Crippen molar-refractivity contribution in [3.8, 4) is 11.5 Å². The van der Waals surface area contributed by atoms with Crippen LogP contribution in [0.5, 0.6) is 11.5 Å². The minimum atomic E-state index is -0.602. The number of methoxy groups -OCH3 is 1. The summed E-state index contributed by atoms with van der Waals surface area (Å²) in [5.74, 6) is -0.0942. The average Bonchev–Trinajstić information content (AvgIpc) is 2.74. The monoisotopic (exact) mass is 417 g/mol. The number of hydrogen-bond acceptors (Lipinski definition) is 6. The van der Waals surface area contributed by atoms with Crippen molar-refractivity contribution in [3.05, 3.63) is 79.9 Å². The van der Waals surface area contributed by atoms with E-state index in [0.717, 1.165) is 16.3 Å². The Labute approximate surface area is 176 Å². The van der Waals surface area contributed by atoms with Crippen LogP contribution in [0.4, 0.5) is 0 Å². The predicted molar refractivity (Wildman–Crippen MR) is 115 cm³/mol. The van der Waals surface area contributed by atoms with Crippen molar-refractivity contribution in [2.75, 3.05) is 7.11 Å². The molecular formula is C24H19NO6. The van der Waals surface area contributed by atoms with Crippen molar-refractivity contribution in [1.82, 2.24) is 4.57 Å². The molecule has 0 fully saturated rings. The van der Waals surface area contributed by atoms with Gasteiger partial charge in [-0.25, -0.2) is 4.79 Å². The number of pyridine rings is 1. The maximum absolute atomic E-state index is 13.3. The zero-order valence-electron chi connectivity index (χ0n) is 17.2. The quantitative estimate of drug-likeness (QED) is 0.282. The van der Waals surface area contributed by atoms with Crippen molar-refractivity contribution >= 4 is 27.8 Å². The summed E-state index contributed by atoms with van der Waals surface area (Å²) < 4.78 is 17.8. The SMILES string of the molecule is COc1ccc2cc([C@@H]3CC(=O)Oc4ccc5c(C)cc(=O)oc5c43)c(=O)n(C)c2c1. The summed E-state index contributed by atoms with van der Waals surface area (Å²) in [5.41, 5.74) is 2.07. The second kappa shape index (κ2) is 6.84. The van der Waals surface area contributed by atoms with Crippen LogP contribution in [0.25, 0.3) is 21.9 Å². The molecule has 0 aliphatic carbocycles. The molecule has 3 heterocycles. The van der Waals surface area contributed by atoms with E-state index in [2.05, 4.69) is 0 Å². The van der Waals surface area contributed by atoms with Gasteiger partial charge in [-0.2, -0.15) is 0 Å². The highest BCUT2D eigenvalue weighted by molar-refractivity contribution is 5.90. The van der Waals surface area contributed by atoms with Crippen LogP contribution in [0.2, 0.25) is 0 Å². The fourth-order valence-corrected chi connectivity index (χ4v) is 4.35. The third-order valence-corrected chi connectivity index (χ3v) is 5.90. The van der Waals surface area contributed by atoms with Gasteiger partial charge < -0.3 is 18.5 Å². The van der Waals surface area contributed by atoms with E-state index in [1.54, 1.807) is 43.0 Å². The summed E-state index contributed by atoms with van der Waals surface area (Å²) in [6, 6.07) is 12.1. The number of benzene rings is 2. The van der Waals surface area contributed by atoms with E-state index in [1.165, 1.54) is 6.07 Å². The van der Waals surface area contributed by atoms with E-state index in [-0.39, 0.29) is 12.0 Å². The Bertz CT molecular complexity index is 1510. The molecule has 0 spiro atoms. The number of fused-ring (bicyclic) bond motifs is 4. The molecule has 0 bridgehead atoms. The number of carbonyl (C=O) groups is 1. The van der Waals surface area contributed by atoms with E-state index in [9.17, 15) is 14.4 Å². The number of aryl methyl sites for hydroxylation is 2. The zero-order valence-corrected chi connectivity index (χ0v) is 17.2. The smallest absolute Gasteiger partial charge is 0.336 e. The highest BCUT2D eigenvalue weighted by atomic mass is 16.5. The van der Waals surface area contributed by atoms with Gasteiger partial charge in [-0.05, 0) is 48.2 Å². The fraction of sp³-hybridized carbons (Fsp3) is 0.208. The molecular weight excluding hydrogens is 398 g/mol. The molecule has 0 amide bonds. The Morgan fingerprint density at radius 3 is 2.65 bits per heavy atom. The van der Waals surface area contributed by atoms with E-state index in [0.29, 0.717) is 33.7 Å². The van der Waals surface area contributed by atoms with E-state index < -0.39 is 17.5 Å². The van der Waals surface area contributed by atoms with Crippen LogP contribution in [-0.2, 0) is 11.8 Å². The lowest BCUT2D eigenvalue weighted by atomic mass is 9.85. The van der Waals surface area contributed by atoms with Gasteiger partial charge in [-0.3, -0.25) is 9.59 Å². The summed E-state index contributed by atoms with van der Waals surface area (Å²) in [5, 5.41) is 1.57. The number of nitrogens with zero attached hydrogens (tertiary/aromatic N) is 1. The molecule has 4 aromatic rings. The van der Waals surface area contributed by atoms with Crippen molar-refractivity contribution in [1.29, 1.82) is 0 Å². The predicted octanol–water partition coefficient (Wildman–Crippen LogP) is 3.40. The van der Waals surface area contributed by atoms with Gasteiger partial charge in [0.2, 0.25) is 0 Å². The van der Waals surface area contributed by atoms with Crippen LogP contribution < -0.4 is 20.7 Å². The Hall–Kier alpha value is -3.87. The highest BCUT2D eigenvalue weighted by Gasteiger charge is 2.34. The van der Waals surface area contributed by atoms with Crippen molar-refractivity contribution in [2.45, 2.75) is 19.3 Å². The first-order valence-corrected chi connectivity index (χ1v) is 9.83. The maximum atomic E-state index is 13.3. The Morgan fingerprint density at radius 2 is 1.87 bits per heavy atom. The van der Waals surface area contributed by atoms with Gasteiger partial charge in [0, 0.05) is 41.6 Å². The van der Waals surface area contributed by atoms with Crippen LogP contribution in [0.15, 0.2) is 56.5 Å². The number of hydrogen-bond donors (Lipinski definition) is 0. The Kier molecular flexibility index (Phi) is 4.22. The molecule has 2 aromatic carbocycles. The van der Waals surface area contributed by atoms with Gasteiger partial charge in [0.1, 0.15) is 17.1 Å². The molecule has 0 unspecified atom stereocenters. The van der Waals surface area contributed by atoms with Gasteiger partial charge >= 0.3 is 11.6 Å². The molecule has 5 rings (SSSR count). The normalized spacial score (nSPS) is 15.7. The summed E-state index contributed by atoms with van der Waals surface area (Å²) in [4.78, 5) is 37.8. The molecule has 0 saturated heterocycles. The van der Waals surface area contributed by atoms with E-state index >= 15 is 0 Å². The van der Waals surface area contributed by atoms with Crippen molar-refractivity contribution in [3.63, 3.8) is 0 Å². The largest absolute Gasteiger partial charge is 0.497 e. The molecule has 1 aliphatic heterocycles. The van der Waals surface area contributed by atoms with Crippen LogP contribution in [0.3, 0.4) is 0 Å². The minimum absolute atomic E-state index is 0.0271. The number of esters is 1. The molecule has 31 heavy (non-hydrogen) atoms. The Morgan fingerprint density at radius 1 is 1.06 bits per heavy atom. The van der Waals surface area contributed by atoms with Gasteiger partial charge in [0.25, 0.3) is 5.56 Å². The van der Waals surface area contributed by atoms with E-state index in [4.69, 9.17) is 13.9 Å². The molecule has 1 aliphatic rings. The molecule has 7 heteroatoms. The molecule has 0 N–H and O–H groups in total. The Balaban J connectivity index is 1.83. The van der Waals surface area contributed by atoms with Gasteiger partial charge in [-0.1, -0.05) is 0 Å². The minimum Gasteiger partial charge on any atom is -0.497 e. The topological polar surface area (TPSA) is 87.7 Å². The molecule has 0 saturated carbocycles. The van der Waals surface area contributed by atoms with Crippen LogP contribution >= 0.6 is 0 Å². The van der Waals surface area contributed by atoms with Crippen molar-refractivity contribution < 1.29 is 18.7 Å². The second-order valence-electron chi connectivity index (χ2n) is 7.72. The first-order chi connectivity index (χ1) is 14.9. The summed E-state index contributed by atoms with van der Waals surface area (Å²) in [7, 11) is 3.25. The van der Waals surface area contributed by atoms with Crippen LogP contribution in [-0.4, -0.2) is 17.6 Å². The first kappa shape index (κ1) is 19.1. The third-order valence-electron chi connectivity index (χ3n) is 5.90. The standard InChI is InChI=1S/C24H19NO6/c1-12-8-20(26)31-23-15(12)6-7-19-22(23)16(11-21(27)30-19)17-9-13-4-5-14(29-3)10-18(13)25(2)24(17)28/h4-10,16H,11H2,1-3H3/t16-/m0/s1. The van der Waals surface area contributed by atoms with E-state index in [1.807, 2.05) is 19.1 Å². The average molecular weight is 417 g/mol.